The van der Waals surface area contributed by atoms with Gasteiger partial charge in [-0.25, -0.2) is 4.79 Å². The van der Waals surface area contributed by atoms with Gasteiger partial charge in [-0.1, -0.05) is 0 Å². The first-order chi connectivity index (χ1) is 6.70. The van der Waals surface area contributed by atoms with Gasteiger partial charge in [0.25, 0.3) is 5.91 Å². The number of rotatable bonds is 1. The first-order valence-electron chi connectivity index (χ1n) is 3.54. The molecule has 0 spiro atoms. The molecule has 0 unspecified atom stereocenters. The summed E-state index contributed by atoms with van der Waals surface area (Å²) in [5.74, 6) is -1.25. The zero-order valence-electron chi connectivity index (χ0n) is 6.91. The van der Waals surface area contributed by atoms with Crippen LogP contribution in [0.4, 0.5) is 0 Å². The molecule has 1 aliphatic heterocycles. The third kappa shape index (κ3) is 2.97. The average molecular weight is 194 g/mol. The lowest BCUT2D eigenvalue weighted by molar-refractivity contribution is -0.113. The van der Waals surface area contributed by atoms with E-state index in [4.69, 9.17) is 5.11 Å². The number of carboxylic acids is 1. The highest BCUT2D eigenvalue weighted by Crippen LogP contribution is 1.90. The van der Waals surface area contributed by atoms with Crippen LogP contribution in [0.2, 0.25) is 0 Å². The van der Waals surface area contributed by atoms with Crippen molar-refractivity contribution in [3.8, 4) is 0 Å². The number of aromatic amines is 1. The number of carboxylic acid groups (broad SMARTS) is 1. The molecular formula is C7H6N4O3. The molecule has 0 bridgehead atoms. The highest BCUT2D eigenvalue weighted by molar-refractivity contribution is 5.89. The second kappa shape index (κ2) is 4.65. The molecule has 2 N–H and O–H groups in total. The first-order valence-corrected chi connectivity index (χ1v) is 3.54. The highest BCUT2D eigenvalue weighted by atomic mass is 16.4. The number of hydrogen-bond acceptors (Lipinski definition) is 4. The molecule has 1 aromatic heterocycles. The number of aromatic carboxylic acids is 1. The molecule has 0 saturated carbocycles. The summed E-state index contributed by atoms with van der Waals surface area (Å²) < 4.78 is 0. The van der Waals surface area contributed by atoms with Gasteiger partial charge in [0.05, 0.1) is 6.20 Å². The van der Waals surface area contributed by atoms with Crippen LogP contribution >= 0.6 is 0 Å². The highest BCUT2D eigenvalue weighted by Gasteiger charge is 1.99. The van der Waals surface area contributed by atoms with Gasteiger partial charge in [0.15, 0.2) is 0 Å². The van der Waals surface area contributed by atoms with Gasteiger partial charge in [0.2, 0.25) is 0 Å². The maximum absolute atomic E-state index is 9.99. The van der Waals surface area contributed by atoms with Crippen LogP contribution < -0.4 is 0 Å². The summed E-state index contributed by atoms with van der Waals surface area (Å²) in [6.07, 6.45) is 4.06. The van der Waals surface area contributed by atoms with E-state index in [9.17, 15) is 9.59 Å². The normalized spacial score (nSPS) is 12.4. The minimum Gasteiger partial charge on any atom is -0.477 e. The quantitative estimate of drug-likeness (QED) is 0.682. The largest absolute Gasteiger partial charge is 0.477 e. The number of aromatic nitrogens is 2. The van der Waals surface area contributed by atoms with Crippen LogP contribution in [0.15, 0.2) is 34.8 Å². The van der Waals surface area contributed by atoms with Crippen LogP contribution in [-0.4, -0.2) is 27.2 Å². The molecule has 0 atom stereocenters. The molecule has 14 heavy (non-hydrogen) atoms. The Morgan fingerprint density at radius 3 is 2.50 bits per heavy atom. The van der Waals surface area contributed by atoms with Crippen LogP contribution in [0.1, 0.15) is 10.5 Å². The number of carbonyl (C=O) groups is 2. The van der Waals surface area contributed by atoms with Crippen molar-refractivity contribution in [2.45, 2.75) is 0 Å². The molecule has 0 saturated heterocycles. The first kappa shape index (κ1) is 9.78. The van der Waals surface area contributed by atoms with Crippen molar-refractivity contribution in [2.75, 3.05) is 0 Å². The van der Waals surface area contributed by atoms with Gasteiger partial charge >= 0.3 is 5.97 Å². The van der Waals surface area contributed by atoms with E-state index in [1.165, 1.54) is 24.5 Å². The van der Waals surface area contributed by atoms with Gasteiger partial charge < -0.3 is 5.11 Å². The summed E-state index contributed by atoms with van der Waals surface area (Å²) in [4.78, 5) is 19.9. The number of H-pyrrole nitrogens is 1. The molecule has 1 amide bonds. The number of nitrogens with one attached hydrogen (secondary N) is 1. The topological polar surface area (TPSA) is 108 Å². The van der Waals surface area contributed by atoms with E-state index in [1.807, 2.05) is 0 Å². The molecule has 0 aromatic carbocycles. The van der Waals surface area contributed by atoms with Crippen molar-refractivity contribution < 1.29 is 14.7 Å². The van der Waals surface area contributed by atoms with E-state index in [2.05, 4.69) is 20.4 Å². The van der Waals surface area contributed by atoms with E-state index in [0.717, 1.165) is 0 Å². The van der Waals surface area contributed by atoms with E-state index >= 15 is 0 Å². The number of hydrogen-bond donors (Lipinski definition) is 2. The fraction of sp³-hybridized carbons (Fsp3) is 0. The van der Waals surface area contributed by atoms with E-state index in [0.29, 0.717) is 0 Å². The smallest absolute Gasteiger partial charge is 0.353 e. The minimum atomic E-state index is -0.984. The molecule has 0 aliphatic carbocycles. The molecule has 2 rings (SSSR count). The zero-order chi connectivity index (χ0) is 10.4. The SMILES string of the molecule is O=C(O)c1ccn[nH]1.O=C1C=CN=N1. The van der Waals surface area contributed by atoms with E-state index < -0.39 is 5.97 Å². The predicted molar refractivity (Wildman–Crippen MR) is 44.5 cm³/mol. The van der Waals surface area contributed by atoms with Crippen LogP contribution in [0.5, 0.6) is 0 Å². The van der Waals surface area contributed by atoms with Gasteiger partial charge in [-0.2, -0.15) is 10.2 Å². The van der Waals surface area contributed by atoms with Gasteiger partial charge in [0, 0.05) is 12.3 Å². The number of azo groups is 1. The Bertz CT molecular complexity index is 366. The lowest BCUT2D eigenvalue weighted by Gasteiger charge is -1.79. The van der Waals surface area contributed by atoms with Gasteiger partial charge in [0.1, 0.15) is 5.69 Å². The number of amides is 1. The summed E-state index contributed by atoms with van der Waals surface area (Å²) in [5.41, 5.74) is 0.116. The van der Waals surface area contributed by atoms with Crippen LogP contribution in [0.25, 0.3) is 0 Å². The monoisotopic (exact) mass is 194 g/mol. The second-order valence-electron chi connectivity index (χ2n) is 2.14. The Balaban J connectivity index is 0.000000146. The van der Waals surface area contributed by atoms with E-state index in [-0.39, 0.29) is 11.6 Å². The van der Waals surface area contributed by atoms with Crippen LogP contribution in [-0.2, 0) is 4.79 Å². The number of carbonyl (C=O) groups excluding carboxylic acids is 1. The number of nitrogens with zero attached hydrogens (tertiary/aromatic N) is 3. The Morgan fingerprint density at radius 1 is 1.50 bits per heavy atom. The average Bonchev–Trinajstić information content (AvgIpc) is 2.75. The van der Waals surface area contributed by atoms with Gasteiger partial charge in [-0.05, 0) is 6.07 Å². The van der Waals surface area contributed by atoms with Gasteiger partial charge in [-0.15, -0.1) is 5.11 Å². The summed E-state index contributed by atoms with van der Waals surface area (Å²) in [6.45, 7) is 0. The van der Waals surface area contributed by atoms with Crippen LogP contribution in [0, 0.1) is 0 Å². The molecule has 72 valence electrons. The minimum absolute atomic E-state index is 0.116. The molecule has 7 heteroatoms. The Hall–Kier alpha value is -2.31. The molecule has 0 fully saturated rings. The molecule has 2 heterocycles. The van der Waals surface area contributed by atoms with Gasteiger partial charge in [-0.3, -0.25) is 9.89 Å². The lowest BCUT2D eigenvalue weighted by Crippen LogP contribution is -1.95. The van der Waals surface area contributed by atoms with E-state index in [1.54, 1.807) is 0 Å². The van der Waals surface area contributed by atoms with Crippen molar-refractivity contribution >= 4 is 11.9 Å². The summed E-state index contributed by atoms with van der Waals surface area (Å²) in [7, 11) is 0. The Kier molecular flexibility index (Phi) is 3.25. The van der Waals surface area contributed by atoms with Crippen molar-refractivity contribution in [2.24, 2.45) is 10.2 Å². The third-order valence-electron chi connectivity index (χ3n) is 1.17. The van der Waals surface area contributed by atoms with Crippen molar-refractivity contribution in [3.63, 3.8) is 0 Å². The maximum atomic E-state index is 9.99. The second-order valence-corrected chi connectivity index (χ2v) is 2.14. The fourth-order valence-corrected chi connectivity index (χ4v) is 0.596. The van der Waals surface area contributed by atoms with Crippen molar-refractivity contribution in [1.29, 1.82) is 0 Å². The fourth-order valence-electron chi connectivity index (χ4n) is 0.596. The molecule has 7 nitrogen and oxygen atoms in total. The summed E-state index contributed by atoms with van der Waals surface area (Å²) in [6, 6.07) is 1.39. The molecule has 1 aromatic rings. The molecular weight excluding hydrogens is 188 g/mol. The van der Waals surface area contributed by atoms with Crippen molar-refractivity contribution in [1.82, 2.24) is 10.2 Å². The molecule has 1 aliphatic rings. The third-order valence-corrected chi connectivity index (χ3v) is 1.17. The summed E-state index contributed by atoms with van der Waals surface area (Å²) >= 11 is 0. The Morgan fingerprint density at radius 2 is 2.29 bits per heavy atom. The predicted octanol–water partition coefficient (Wildman–Crippen LogP) is 0.600. The van der Waals surface area contributed by atoms with Crippen LogP contribution in [0.3, 0.4) is 0 Å². The lowest BCUT2D eigenvalue weighted by atomic mass is 10.5. The summed E-state index contributed by atoms with van der Waals surface area (Å²) in [5, 5.41) is 20.3. The molecule has 0 radical (unpaired) electrons. The standard InChI is InChI=1S/C4H4N2O2.C3H2N2O/c7-4(8)3-1-2-5-6-3;6-3-1-2-4-5-3/h1-2H,(H,5,6)(H,7,8);1-2H. The van der Waals surface area contributed by atoms with Crippen molar-refractivity contribution in [3.05, 3.63) is 30.2 Å². The zero-order valence-corrected chi connectivity index (χ0v) is 6.91. The maximum Gasteiger partial charge on any atom is 0.353 e. The Labute approximate surface area is 78.2 Å².